The van der Waals surface area contributed by atoms with Crippen LogP contribution in [0.4, 0.5) is 0 Å². The molecule has 1 aliphatic heterocycles. The number of benzene rings is 2. The van der Waals surface area contributed by atoms with Crippen molar-refractivity contribution in [1.29, 1.82) is 0 Å². The molecule has 0 amide bonds. The molecule has 0 spiro atoms. The molecule has 1 aliphatic carbocycles. The van der Waals surface area contributed by atoms with Crippen molar-refractivity contribution in [3.05, 3.63) is 82.0 Å². The van der Waals surface area contributed by atoms with Crippen LogP contribution in [0, 0.1) is 11.3 Å². The molecule has 2 aromatic carbocycles. The maximum Gasteiger partial charge on any atom is 0.315 e. The van der Waals surface area contributed by atoms with Crippen molar-refractivity contribution >= 4 is 29.1 Å². The van der Waals surface area contributed by atoms with Crippen LogP contribution in [-0.4, -0.2) is 24.1 Å². The third-order valence-electron chi connectivity index (χ3n) is 6.24. The number of nitrogens with zero attached hydrogens (tertiary/aromatic N) is 1. The molecule has 2 aromatic rings. The number of hydrogen-bond donors (Lipinski definition) is 0. The van der Waals surface area contributed by atoms with Crippen LogP contribution < -0.4 is 0 Å². The first kappa shape index (κ1) is 22.5. The number of carbonyl (C=O) groups is 2. The molecule has 1 unspecified atom stereocenters. The van der Waals surface area contributed by atoms with Gasteiger partial charge in [0.15, 0.2) is 5.78 Å². The fraction of sp³-hybridized carbons (Fsp3) is 0.370. The van der Waals surface area contributed by atoms with E-state index in [1.54, 1.807) is 6.07 Å². The quantitative estimate of drug-likeness (QED) is 0.530. The largest absolute Gasteiger partial charge is 0.465 e. The van der Waals surface area contributed by atoms with E-state index >= 15 is 0 Å². The van der Waals surface area contributed by atoms with E-state index in [1.165, 1.54) is 0 Å². The molecule has 4 rings (SSSR count). The Morgan fingerprint density at radius 3 is 2.59 bits per heavy atom. The molecule has 2 atom stereocenters. The van der Waals surface area contributed by atoms with E-state index in [2.05, 4.69) is 13.8 Å². The van der Waals surface area contributed by atoms with E-state index in [1.807, 2.05) is 55.5 Å². The minimum Gasteiger partial charge on any atom is -0.465 e. The SMILES string of the molecule is CC1=NC2=C(C(=O)CC(C)(C)C2)[C@H](c2cccc(Cl)c2)C1C(=O)OCCc1ccccc1. The van der Waals surface area contributed by atoms with Crippen molar-refractivity contribution in [2.24, 2.45) is 16.3 Å². The first-order valence-corrected chi connectivity index (χ1v) is 11.4. The summed E-state index contributed by atoms with van der Waals surface area (Å²) < 4.78 is 5.71. The minimum atomic E-state index is -0.645. The molecule has 5 heteroatoms. The third-order valence-corrected chi connectivity index (χ3v) is 6.48. The Kier molecular flexibility index (Phi) is 6.34. The van der Waals surface area contributed by atoms with Gasteiger partial charge in [0, 0.05) is 40.8 Å². The smallest absolute Gasteiger partial charge is 0.315 e. The first-order valence-electron chi connectivity index (χ1n) is 11.0. The summed E-state index contributed by atoms with van der Waals surface area (Å²) in [6.45, 7) is 6.30. The van der Waals surface area contributed by atoms with Crippen molar-refractivity contribution < 1.29 is 14.3 Å². The summed E-state index contributed by atoms with van der Waals surface area (Å²) in [5.41, 5.74) is 3.92. The molecule has 2 aliphatic rings. The van der Waals surface area contributed by atoms with Gasteiger partial charge in [0.25, 0.3) is 0 Å². The summed E-state index contributed by atoms with van der Waals surface area (Å²) in [5, 5.41) is 0.574. The van der Waals surface area contributed by atoms with Crippen molar-refractivity contribution in [1.82, 2.24) is 0 Å². The van der Waals surface area contributed by atoms with Gasteiger partial charge in [-0.2, -0.15) is 0 Å². The standard InChI is InChI=1S/C27H28ClNO3/c1-17-23(26(31)32-13-12-18-8-5-4-6-9-18)24(19-10-7-11-20(28)14-19)25-21(29-17)15-27(2,3)16-22(25)30/h4-11,14,23-24H,12-13,15-16H2,1-3H3/t23?,24-/m1/s1. The van der Waals surface area contributed by atoms with Crippen LogP contribution in [0.5, 0.6) is 0 Å². The summed E-state index contributed by atoms with van der Waals surface area (Å²) in [6, 6.07) is 17.3. The Labute approximate surface area is 194 Å². The van der Waals surface area contributed by atoms with Gasteiger partial charge in [0.05, 0.1) is 6.61 Å². The van der Waals surface area contributed by atoms with Crippen LogP contribution in [0.1, 0.15) is 50.7 Å². The van der Waals surface area contributed by atoms with Crippen molar-refractivity contribution in [2.45, 2.75) is 46.0 Å². The Bertz CT molecular complexity index is 1100. The number of hydrogen-bond acceptors (Lipinski definition) is 4. The topological polar surface area (TPSA) is 55.7 Å². The number of carbonyl (C=O) groups excluding carboxylic acids is 2. The molecule has 1 heterocycles. The Balaban J connectivity index is 1.66. The molecule has 0 N–H and O–H groups in total. The number of esters is 1. The molecule has 0 saturated carbocycles. The molecule has 0 bridgehead atoms. The molecule has 32 heavy (non-hydrogen) atoms. The zero-order valence-corrected chi connectivity index (χ0v) is 19.5. The molecule has 166 valence electrons. The van der Waals surface area contributed by atoms with Crippen LogP contribution in [0.3, 0.4) is 0 Å². The van der Waals surface area contributed by atoms with Crippen molar-refractivity contribution in [2.75, 3.05) is 6.61 Å². The summed E-state index contributed by atoms with van der Waals surface area (Å²) in [4.78, 5) is 31.3. The highest BCUT2D eigenvalue weighted by Gasteiger charge is 2.46. The average Bonchev–Trinajstić information content (AvgIpc) is 2.72. The predicted octanol–water partition coefficient (Wildman–Crippen LogP) is 5.94. The summed E-state index contributed by atoms with van der Waals surface area (Å²) in [6.07, 6.45) is 1.78. The zero-order chi connectivity index (χ0) is 22.9. The molecule has 0 fully saturated rings. The van der Waals surface area contributed by atoms with Crippen LogP contribution in [-0.2, 0) is 20.7 Å². The molecular weight excluding hydrogens is 422 g/mol. The highest BCUT2D eigenvalue weighted by atomic mass is 35.5. The lowest BCUT2D eigenvalue weighted by atomic mass is 9.67. The predicted molar refractivity (Wildman–Crippen MR) is 127 cm³/mol. The van der Waals surface area contributed by atoms with Gasteiger partial charge in [0.1, 0.15) is 5.92 Å². The number of halogens is 1. The van der Waals surface area contributed by atoms with Gasteiger partial charge in [-0.15, -0.1) is 0 Å². The van der Waals surface area contributed by atoms with Crippen LogP contribution >= 0.6 is 11.6 Å². The number of allylic oxidation sites excluding steroid dienone is 2. The Morgan fingerprint density at radius 2 is 1.88 bits per heavy atom. The second-order valence-corrected chi connectivity index (χ2v) is 9.90. The average molecular weight is 450 g/mol. The van der Waals surface area contributed by atoms with Gasteiger partial charge in [-0.25, -0.2) is 0 Å². The third kappa shape index (κ3) is 4.71. The first-order chi connectivity index (χ1) is 15.2. The van der Waals surface area contributed by atoms with E-state index < -0.39 is 11.8 Å². The van der Waals surface area contributed by atoms with Crippen LogP contribution in [0.2, 0.25) is 5.02 Å². The lowest BCUT2D eigenvalue weighted by Crippen LogP contribution is -2.39. The van der Waals surface area contributed by atoms with Gasteiger partial charge in [-0.1, -0.05) is 67.9 Å². The van der Waals surface area contributed by atoms with Gasteiger partial charge < -0.3 is 4.74 Å². The zero-order valence-electron chi connectivity index (χ0n) is 18.7. The molecular formula is C27H28ClNO3. The number of aliphatic imine (C=N–C) groups is 1. The summed E-state index contributed by atoms with van der Waals surface area (Å²) in [7, 11) is 0. The monoisotopic (exact) mass is 449 g/mol. The van der Waals surface area contributed by atoms with Gasteiger partial charge in [-0.05, 0) is 42.0 Å². The van der Waals surface area contributed by atoms with E-state index in [4.69, 9.17) is 21.3 Å². The van der Waals surface area contributed by atoms with E-state index in [0.717, 1.165) is 16.8 Å². The number of rotatable bonds is 5. The Morgan fingerprint density at radius 1 is 1.12 bits per heavy atom. The van der Waals surface area contributed by atoms with Gasteiger partial charge in [0.2, 0.25) is 0 Å². The maximum absolute atomic E-state index is 13.3. The highest BCUT2D eigenvalue weighted by Crippen LogP contribution is 2.48. The number of ketones is 1. The molecule has 0 aromatic heterocycles. The molecule has 0 saturated heterocycles. The second-order valence-electron chi connectivity index (χ2n) is 9.47. The number of Topliss-reactive ketones (excluding diaryl/α,β-unsaturated/α-hetero) is 1. The normalized spacial score (nSPS) is 22.2. The second kappa shape index (κ2) is 9.03. The lowest BCUT2D eigenvalue weighted by Gasteiger charge is -2.39. The fourth-order valence-corrected chi connectivity index (χ4v) is 5.01. The van der Waals surface area contributed by atoms with E-state index in [0.29, 0.717) is 35.6 Å². The summed E-state index contributed by atoms with van der Waals surface area (Å²) >= 11 is 6.29. The van der Waals surface area contributed by atoms with Gasteiger partial charge >= 0.3 is 5.97 Å². The van der Waals surface area contributed by atoms with Crippen LogP contribution in [0.25, 0.3) is 0 Å². The summed E-state index contributed by atoms with van der Waals surface area (Å²) in [5.74, 6) is -1.38. The molecule has 4 nitrogen and oxygen atoms in total. The Hall–Kier alpha value is -2.72. The van der Waals surface area contributed by atoms with E-state index in [9.17, 15) is 9.59 Å². The highest BCUT2D eigenvalue weighted by molar-refractivity contribution is 6.30. The van der Waals surface area contributed by atoms with E-state index in [-0.39, 0.29) is 23.8 Å². The molecule has 0 radical (unpaired) electrons. The van der Waals surface area contributed by atoms with Crippen molar-refractivity contribution in [3.63, 3.8) is 0 Å². The maximum atomic E-state index is 13.3. The number of ether oxygens (including phenoxy) is 1. The minimum absolute atomic E-state index is 0.0551. The fourth-order valence-electron chi connectivity index (χ4n) is 4.81. The van der Waals surface area contributed by atoms with Crippen molar-refractivity contribution in [3.8, 4) is 0 Å². The van der Waals surface area contributed by atoms with Gasteiger partial charge in [-0.3, -0.25) is 14.6 Å². The lowest BCUT2D eigenvalue weighted by molar-refractivity contribution is -0.146. The van der Waals surface area contributed by atoms with Crippen LogP contribution in [0.15, 0.2) is 70.9 Å².